The van der Waals surface area contributed by atoms with Gasteiger partial charge in [-0.1, -0.05) is 6.07 Å². The summed E-state index contributed by atoms with van der Waals surface area (Å²) < 4.78 is 46.2. The third-order valence-corrected chi connectivity index (χ3v) is 5.32. The Morgan fingerprint density at radius 2 is 2.03 bits per heavy atom. The molecular formula is C19H24F3N3O4. The van der Waals surface area contributed by atoms with Gasteiger partial charge in [-0.25, -0.2) is 0 Å². The number of carbonyl (C=O) groups excluding carboxylic acids is 2. The van der Waals surface area contributed by atoms with E-state index in [1.54, 1.807) is 0 Å². The molecule has 0 aliphatic carbocycles. The largest absolute Gasteiger partial charge is 0.573 e. The number of hydrogen-bond donors (Lipinski definition) is 3. The van der Waals surface area contributed by atoms with Gasteiger partial charge in [0.25, 0.3) is 5.91 Å². The number of carbonyl (C=O) groups is 2. The van der Waals surface area contributed by atoms with E-state index >= 15 is 0 Å². The van der Waals surface area contributed by atoms with Crippen LogP contribution in [0.2, 0.25) is 0 Å². The number of alkyl halides is 3. The molecule has 0 aromatic heterocycles. The summed E-state index contributed by atoms with van der Waals surface area (Å²) >= 11 is 0. The number of ether oxygens (including phenoxy) is 2. The van der Waals surface area contributed by atoms with Crippen LogP contribution in [0.4, 0.5) is 13.2 Å². The van der Waals surface area contributed by atoms with Crippen molar-refractivity contribution >= 4 is 11.8 Å². The summed E-state index contributed by atoms with van der Waals surface area (Å²) in [4.78, 5) is 24.7. The molecule has 0 unspecified atom stereocenters. The quantitative estimate of drug-likeness (QED) is 0.657. The van der Waals surface area contributed by atoms with E-state index in [9.17, 15) is 22.8 Å². The van der Waals surface area contributed by atoms with E-state index in [1.807, 2.05) is 0 Å². The molecular weight excluding hydrogens is 391 g/mol. The molecule has 0 bridgehead atoms. The smallest absolute Gasteiger partial charge is 0.406 e. The Morgan fingerprint density at radius 1 is 1.28 bits per heavy atom. The minimum atomic E-state index is -4.84. The Bertz CT molecular complexity index is 730. The van der Waals surface area contributed by atoms with Gasteiger partial charge in [0, 0.05) is 25.3 Å². The SMILES string of the molecule is O=C(CNC(=O)c1cccc(OC(F)(F)F)c1)N[C@@]1(C2CCOCC2)CCNC1. The minimum Gasteiger partial charge on any atom is -0.406 e. The molecule has 29 heavy (non-hydrogen) atoms. The summed E-state index contributed by atoms with van der Waals surface area (Å²) in [6.45, 7) is 2.52. The Hall–Kier alpha value is -2.33. The Kier molecular flexibility index (Phi) is 6.63. The molecule has 2 saturated heterocycles. The molecule has 2 amide bonds. The van der Waals surface area contributed by atoms with Gasteiger partial charge in [0.2, 0.25) is 5.91 Å². The first-order valence-electron chi connectivity index (χ1n) is 9.51. The van der Waals surface area contributed by atoms with Gasteiger partial charge in [-0.2, -0.15) is 0 Å². The van der Waals surface area contributed by atoms with Gasteiger partial charge >= 0.3 is 6.36 Å². The molecule has 7 nitrogen and oxygen atoms in total. The first-order valence-corrected chi connectivity index (χ1v) is 9.51. The fraction of sp³-hybridized carbons (Fsp3) is 0.579. The molecule has 3 N–H and O–H groups in total. The van der Waals surface area contributed by atoms with Crippen LogP contribution in [0, 0.1) is 5.92 Å². The standard InChI is InChI=1S/C19H24F3N3O4/c20-19(21,22)29-15-3-1-2-13(10-15)17(27)24-11-16(26)25-18(6-7-23-12-18)14-4-8-28-9-5-14/h1-3,10,14,23H,4-9,11-12H2,(H,24,27)(H,25,26)/t18-/m0/s1. The first kappa shape index (κ1) is 21.4. The van der Waals surface area contributed by atoms with Crippen LogP contribution in [0.3, 0.4) is 0 Å². The maximum absolute atomic E-state index is 12.5. The Balaban J connectivity index is 1.56. The highest BCUT2D eigenvalue weighted by Gasteiger charge is 2.42. The van der Waals surface area contributed by atoms with Crippen molar-refractivity contribution in [2.45, 2.75) is 31.2 Å². The lowest BCUT2D eigenvalue weighted by molar-refractivity contribution is -0.274. The summed E-state index contributed by atoms with van der Waals surface area (Å²) in [6.07, 6.45) is -2.32. The second-order valence-corrected chi connectivity index (χ2v) is 7.28. The van der Waals surface area contributed by atoms with E-state index < -0.39 is 18.0 Å². The number of amides is 2. The minimum absolute atomic E-state index is 0.0266. The van der Waals surface area contributed by atoms with E-state index in [4.69, 9.17) is 4.74 Å². The molecule has 1 aromatic carbocycles. The van der Waals surface area contributed by atoms with E-state index in [2.05, 4.69) is 20.7 Å². The lowest BCUT2D eigenvalue weighted by Crippen LogP contribution is -2.58. The number of rotatable bonds is 6. The Morgan fingerprint density at radius 3 is 2.69 bits per heavy atom. The summed E-state index contributed by atoms with van der Waals surface area (Å²) in [6, 6.07) is 4.70. The fourth-order valence-corrected chi connectivity index (χ4v) is 3.94. The molecule has 2 aliphatic heterocycles. The molecule has 2 heterocycles. The lowest BCUT2D eigenvalue weighted by Gasteiger charge is -2.40. The van der Waals surface area contributed by atoms with E-state index in [0.29, 0.717) is 25.7 Å². The average molecular weight is 415 g/mol. The van der Waals surface area contributed by atoms with Gasteiger partial charge in [-0.05, 0) is 49.9 Å². The van der Waals surface area contributed by atoms with Crippen molar-refractivity contribution in [2.24, 2.45) is 5.92 Å². The number of halogens is 3. The third-order valence-electron chi connectivity index (χ3n) is 5.32. The van der Waals surface area contributed by atoms with Crippen molar-refractivity contribution in [3.63, 3.8) is 0 Å². The van der Waals surface area contributed by atoms with E-state index in [1.165, 1.54) is 12.1 Å². The van der Waals surface area contributed by atoms with Crippen LogP contribution >= 0.6 is 0 Å². The van der Waals surface area contributed by atoms with Gasteiger partial charge in [0.05, 0.1) is 12.1 Å². The molecule has 0 radical (unpaired) electrons. The monoisotopic (exact) mass is 415 g/mol. The molecule has 0 spiro atoms. The predicted molar refractivity (Wildman–Crippen MR) is 97.4 cm³/mol. The predicted octanol–water partition coefficient (Wildman–Crippen LogP) is 1.59. The summed E-state index contributed by atoms with van der Waals surface area (Å²) in [5.41, 5.74) is -0.396. The van der Waals surface area contributed by atoms with Crippen LogP contribution in [-0.2, 0) is 9.53 Å². The zero-order valence-corrected chi connectivity index (χ0v) is 15.8. The van der Waals surface area contributed by atoms with Crippen LogP contribution < -0.4 is 20.7 Å². The van der Waals surface area contributed by atoms with Gasteiger partial charge in [-0.15, -0.1) is 13.2 Å². The van der Waals surface area contributed by atoms with Crippen LogP contribution in [0.15, 0.2) is 24.3 Å². The molecule has 1 aromatic rings. The lowest BCUT2D eigenvalue weighted by atomic mass is 9.78. The second kappa shape index (κ2) is 9.00. The zero-order chi connectivity index (χ0) is 20.9. The summed E-state index contributed by atoms with van der Waals surface area (Å²) in [5, 5.41) is 8.80. The maximum Gasteiger partial charge on any atom is 0.573 e. The third kappa shape index (κ3) is 5.83. The topological polar surface area (TPSA) is 88.7 Å². The maximum atomic E-state index is 12.5. The van der Waals surface area contributed by atoms with Gasteiger partial charge in [-0.3, -0.25) is 9.59 Å². The molecule has 2 fully saturated rings. The second-order valence-electron chi connectivity index (χ2n) is 7.28. The van der Waals surface area contributed by atoms with Gasteiger partial charge in [0.1, 0.15) is 5.75 Å². The van der Waals surface area contributed by atoms with Gasteiger partial charge in [0.15, 0.2) is 0 Å². The number of nitrogens with one attached hydrogen (secondary N) is 3. The van der Waals surface area contributed by atoms with Crippen LogP contribution in [-0.4, -0.2) is 56.6 Å². The van der Waals surface area contributed by atoms with Crippen molar-refractivity contribution in [3.8, 4) is 5.75 Å². The number of benzene rings is 1. The first-order chi connectivity index (χ1) is 13.8. The zero-order valence-electron chi connectivity index (χ0n) is 15.8. The highest BCUT2D eigenvalue weighted by Crippen LogP contribution is 2.32. The normalized spacial score (nSPS) is 22.9. The molecule has 0 saturated carbocycles. The molecule has 2 aliphatic rings. The highest BCUT2D eigenvalue weighted by atomic mass is 19.4. The van der Waals surface area contributed by atoms with Crippen LogP contribution in [0.25, 0.3) is 0 Å². The van der Waals surface area contributed by atoms with Crippen molar-refractivity contribution in [2.75, 3.05) is 32.8 Å². The van der Waals surface area contributed by atoms with E-state index in [0.717, 1.165) is 37.9 Å². The van der Waals surface area contributed by atoms with E-state index in [-0.39, 0.29) is 23.6 Å². The summed E-state index contributed by atoms with van der Waals surface area (Å²) in [7, 11) is 0. The Labute approximate surface area is 166 Å². The number of hydrogen-bond acceptors (Lipinski definition) is 5. The molecule has 3 rings (SSSR count). The molecule has 160 valence electrons. The molecule has 1 atom stereocenters. The molecule has 10 heteroatoms. The highest BCUT2D eigenvalue weighted by molar-refractivity contribution is 5.96. The van der Waals surface area contributed by atoms with Crippen LogP contribution in [0.1, 0.15) is 29.6 Å². The van der Waals surface area contributed by atoms with Crippen LogP contribution in [0.5, 0.6) is 5.75 Å². The van der Waals surface area contributed by atoms with Crippen molar-refractivity contribution in [1.29, 1.82) is 0 Å². The fourth-order valence-electron chi connectivity index (χ4n) is 3.94. The van der Waals surface area contributed by atoms with Crippen molar-refractivity contribution in [1.82, 2.24) is 16.0 Å². The van der Waals surface area contributed by atoms with Crippen molar-refractivity contribution in [3.05, 3.63) is 29.8 Å². The van der Waals surface area contributed by atoms with Gasteiger partial charge < -0.3 is 25.4 Å². The average Bonchev–Trinajstić information content (AvgIpc) is 3.15. The summed E-state index contributed by atoms with van der Waals surface area (Å²) in [5.74, 6) is -1.19. The van der Waals surface area contributed by atoms with Crippen molar-refractivity contribution < 1.29 is 32.2 Å².